The summed E-state index contributed by atoms with van der Waals surface area (Å²) in [5, 5.41) is 8.90. The first-order chi connectivity index (χ1) is 10.8. The third-order valence-electron chi connectivity index (χ3n) is 2.84. The van der Waals surface area contributed by atoms with Crippen LogP contribution in [0.5, 0.6) is 0 Å². The number of nitrogens with zero attached hydrogens (tertiary/aromatic N) is 1. The second-order valence-corrected chi connectivity index (χ2v) is 5.01. The minimum absolute atomic E-state index is 0.0509. The second kappa shape index (κ2) is 11.1. The average Bonchev–Trinajstić information content (AvgIpc) is 2.76. The van der Waals surface area contributed by atoms with E-state index in [0.29, 0.717) is 37.1 Å². The molecule has 23 heavy (non-hydrogen) atoms. The predicted octanol–water partition coefficient (Wildman–Crippen LogP) is 3.08. The summed E-state index contributed by atoms with van der Waals surface area (Å²) in [5.74, 6) is -1.16. The van der Waals surface area contributed by atoms with Gasteiger partial charge >= 0.3 is 11.9 Å². The van der Waals surface area contributed by atoms with Crippen molar-refractivity contribution in [3.05, 3.63) is 61.9 Å². The van der Waals surface area contributed by atoms with Crippen molar-refractivity contribution < 1.29 is 19.4 Å². The fraction of sp³-hybridized carbons (Fsp3) is 0.333. The molecule has 1 N–H and O–H groups in total. The van der Waals surface area contributed by atoms with Gasteiger partial charge in [-0.3, -0.25) is 0 Å². The van der Waals surface area contributed by atoms with E-state index in [1.165, 1.54) is 0 Å². The van der Waals surface area contributed by atoms with E-state index < -0.39 is 5.97 Å². The molecule has 1 fully saturated rings. The molecule has 0 amide bonds. The van der Waals surface area contributed by atoms with Gasteiger partial charge in [0.15, 0.2) is 0 Å². The zero-order valence-corrected chi connectivity index (χ0v) is 13.7. The number of ether oxygens (including phenoxy) is 1. The molecule has 5 heteroatoms. The number of carboxylic acids is 1. The Hall–Kier alpha value is -2.56. The van der Waals surface area contributed by atoms with E-state index in [2.05, 4.69) is 26.3 Å². The van der Waals surface area contributed by atoms with E-state index in [0.717, 1.165) is 0 Å². The van der Waals surface area contributed by atoms with Crippen LogP contribution in [0.25, 0.3) is 0 Å². The first kappa shape index (κ1) is 20.4. The average molecular weight is 319 g/mol. The van der Waals surface area contributed by atoms with Gasteiger partial charge < -0.3 is 14.7 Å². The Bertz CT molecular complexity index is 479. The fourth-order valence-electron chi connectivity index (χ4n) is 1.82. The highest BCUT2D eigenvalue weighted by Crippen LogP contribution is 2.16. The van der Waals surface area contributed by atoms with Crippen LogP contribution in [0.2, 0.25) is 0 Å². The van der Waals surface area contributed by atoms with Crippen LogP contribution < -0.4 is 0 Å². The summed E-state index contributed by atoms with van der Waals surface area (Å²) < 4.78 is 4.73. The molecule has 0 aromatic heterocycles. The number of cyclic esters (lactones) is 1. The van der Waals surface area contributed by atoms with Crippen LogP contribution in [-0.2, 0) is 14.3 Å². The molecule has 1 heterocycles. The van der Waals surface area contributed by atoms with Crippen molar-refractivity contribution in [2.75, 3.05) is 13.1 Å². The number of hydrogen-bond donors (Lipinski definition) is 1. The third-order valence-corrected chi connectivity index (χ3v) is 2.84. The van der Waals surface area contributed by atoms with Gasteiger partial charge in [-0.05, 0) is 13.3 Å². The van der Waals surface area contributed by atoms with Gasteiger partial charge in [0.25, 0.3) is 0 Å². The molecule has 0 aliphatic carbocycles. The zero-order chi connectivity index (χ0) is 17.8. The largest absolute Gasteiger partial charge is 0.478 e. The van der Waals surface area contributed by atoms with Gasteiger partial charge in [-0.1, -0.05) is 24.8 Å². The molecule has 0 bridgehead atoms. The number of carbonyl (C=O) groups excluding carboxylic acids is 1. The van der Waals surface area contributed by atoms with Crippen molar-refractivity contribution in [1.29, 1.82) is 0 Å². The Kier molecular flexibility index (Phi) is 9.83. The quantitative estimate of drug-likeness (QED) is 0.423. The normalized spacial score (nSPS) is 16.7. The monoisotopic (exact) mass is 319 g/mol. The number of rotatable bonds is 8. The molecule has 126 valence electrons. The first-order valence-corrected chi connectivity index (χ1v) is 7.25. The lowest BCUT2D eigenvalue weighted by molar-refractivity contribution is -0.138. The van der Waals surface area contributed by atoms with E-state index >= 15 is 0 Å². The number of esters is 1. The Labute approximate surface area is 137 Å². The number of aliphatic carboxylic acids is 1. The van der Waals surface area contributed by atoms with Gasteiger partial charge in [-0.15, -0.1) is 19.7 Å². The molecule has 1 aliphatic heterocycles. The molecule has 1 rings (SSSR count). The maximum absolute atomic E-state index is 10.8. The maximum Gasteiger partial charge on any atom is 0.333 e. The van der Waals surface area contributed by atoms with Crippen LogP contribution in [0.15, 0.2) is 61.9 Å². The second-order valence-electron chi connectivity index (χ2n) is 5.01. The van der Waals surface area contributed by atoms with Crippen LogP contribution in [0.3, 0.4) is 0 Å². The molecule has 1 unspecified atom stereocenters. The maximum atomic E-state index is 10.8. The Morgan fingerprint density at radius 3 is 2.13 bits per heavy atom. The van der Waals surface area contributed by atoms with Gasteiger partial charge in [0.2, 0.25) is 0 Å². The van der Waals surface area contributed by atoms with Crippen LogP contribution >= 0.6 is 0 Å². The highest BCUT2D eigenvalue weighted by Gasteiger charge is 2.22. The third kappa shape index (κ3) is 8.46. The van der Waals surface area contributed by atoms with Crippen molar-refractivity contribution in [2.24, 2.45) is 0 Å². The lowest BCUT2D eigenvalue weighted by Gasteiger charge is -2.17. The topological polar surface area (TPSA) is 66.8 Å². The van der Waals surface area contributed by atoms with E-state index in [9.17, 15) is 9.59 Å². The van der Waals surface area contributed by atoms with Crippen LogP contribution in [0.1, 0.15) is 19.8 Å². The molecule has 1 atom stereocenters. The standard InChI is InChI=1S/C12H17NO2.C6H8O2/c1-4-7-11(12(14)15)10-13(8-5-2)9-6-3;1-4-3-5(2)8-6(4)7/h4-6,10H,1-3,7-9H2,(H,14,15);5H,1,3H2,2H3. The SMILES string of the molecule is C=C1CC(C)OC1=O.C=CCC(=CN(CC=C)CC=C)C(=O)O. The Morgan fingerprint density at radius 2 is 1.87 bits per heavy atom. The smallest absolute Gasteiger partial charge is 0.333 e. The van der Waals surface area contributed by atoms with Gasteiger partial charge in [0.05, 0.1) is 5.57 Å². The van der Waals surface area contributed by atoms with Crippen molar-refractivity contribution in [1.82, 2.24) is 4.90 Å². The molecular formula is C18H25NO4. The molecule has 5 nitrogen and oxygen atoms in total. The zero-order valence-electron chi connectivity index (χ0n) is 13.7. The van der Waals surface area contributed by atoms with Crippen LogP contribution in [0.4, 0.5) is 0 Å². The summed E-state index contributed by atoms with van der Waals surface area (Å²) in [6.45, 7) is 17.3. The first-order valence-electron chi connectivity index (χ1n) is 7.25. The molecule has 0 saturated carbocycles. The van der Waals surface area contributed by atoms with Crippen molar-refractivity contribution in [2.45, 2.75) is 25.9 Å². The van der Waals surface area contributed by atoms with Crippen LogP contribution in [0, 0.1) is 0 Å². The minimum atomic E-state index is -0.923. The molecule has 0 spiro atoms. The van der Waals surface area contributed by atoms with Gasteiger partial charge in [-0.25, -0.2) is 9.59 Å². The summed E-state index contributed by atoms with van der Waals surface area (Å²) in [6, 6.07) is 0. The van der Waals surface area contributed by atoms with E-state index in [1.54, 1.807) is 24.4 Å². The summed E-state index contributed by atoms with van der Waals surface area (Å²) in [4.78, 5) is 23.1. The van der Waals surface area contributed by atoms with Gasteiger partial charge in [0, 0.05) is 31.3 Å². The summed E-state index contributed by atoms with van der Waals surface area (Å²) in [7, 11) is 0. The summed E-state index contributed by atoms with van der Waals surface area (Å²) in [5.41, 5.74) is 0.909. The molecule has 1 aliphatic rings. The Morgan fingerprint density at radius 1 is 1.30 bits per heavy atom. The van der Waals surface area contributed by atoms with E-state index in [1.807, 2.05) is 11.8 Å². The lowest BCUT2D eigenvalue weighted by atomic mass is 10.2. The fourth-order valence-corrected chi connectivity index (χ4v) is 1.82. The number of hydrogen-bond acceptors (Lipinski definition) is 4. The van der Waals surface area contributed by atoms with Gasteiger partial charge in [-0.2, -0.15) is 0 Å². The molecule has 1 saturated heterocycles. The molecular weight excluding hydrogens is 294 g/mol. The van der Waals surface area contributed by atoms with Crippen molar-refractivity contribution >= 4 is 11.9 Å². The molecule has 0 aromatic rings. The number of carboxylic acid groups (broad SMARTS) is 1. The van der Waals surface area contributed by atoms with E-state index in [4.69, 9.17) is 9.84 Å². The van der Waals surface area contributed by atoms with Crippen molar-refractivity contribution in [3.8, 4) is 0 Å². The van der Waals surface area contributed by atoms with Gasteiger partial charge in [0.1, 0.15) is 6.10 Å². The number of allylic oxidation sites excluding steroid dienone is 1. The highest BCUT2D eigenvalue weighted by molar-refractivity contribution is 5.89. The minimum Gasteiger partial charge on any atom is -0.478 e. The predicted molar refractivity (Wildman–Crippen MR) is 91.8 cm³/mol. The summed E-state index contributed by atoms with van der Waals surface area (Å²) >= 11 is 0. The Balaban J connectivity index is 0.000000502. The van der Waals surface area contributed by atoms with Crippen molar-refractivity contribution in [3.63, 3.8) is 0 Å². The molecule has 0 radical (unpaired) electrons. The highest BCUT2D eigenvalue weighted by atomic mass is 16.5. The van der Waals surface area contributed by atoms with E-state index in [-0.39, 0.29) is 12.1 Å². The lowest BCUT2D eigenvalue weighted by Crippen LogP contribution is -2.19. The summed E-state index contributed by atoms with van der Waals surface area (Å²) in [6.07, 6.45) is 7.70. The van der Waals surface area contributed by atoms with Crippen LogP contribution in [-0.4, -0.2) is 41.1 Å². The molecule has 0 aromatic carbocycles. The number of carbonyl (C=O) groups is 2.